The molecule has 1 aromatic heterocycles. The SMILES string of the molecule is CC(Cn1nnnc1-c1ccc(C(C)C)cc1)C(=O)O. The molecule has 1 unspecified atom stereocenters. The highest BCUT2D eigenvalue weighted by Gasteiger charge is 2.16. The van der Waals surface area contributed by atoms with Gasteiger partial charge in [0.1, 0.15) is 0 Å². The molecule has 1 aromatic carbocycles. The first-order valence-corrected chi connectivity index (χ1v) is 6.58. The van der Waals surface area contributed by atoms with Crippen LogP contribution < -0.4 is 0 Å². The van der Waals surface area contributed by atoms with E-state index in [4.69, 9.17) is 5.11 Å². The van der Waals surface area contributed by atoms with Crippen LogP contribution in [0.5, 0.6) is 0 Å². The Labute approximate surface area is 117 Å². The van der Waals surface area contributed by atoms with E-state index >= 15 is 0 Å². The Morgan fingerprint density at radius 2 is 1.90 bits per heavy atom. The van der Waals surface area contributed by atoms with Gasteiger partial charge in [0.25, 0.3) is 0 Å². The Kier molecular flexibility index (Phi) is 4.12. The third kappa shape index (κ3) is 3.01. The Balaban J connectivity index is 2.25. The predicted molar refractivity (Wildman–Crippen MR) is 74.1 cm³/mol. The van der Waals surface area contributed by atoms with Crippen molar-refractivity contribution in [2.75, 3.05) is 0 Å². The van der Waals surface area contributed by atoms with Gasteiger partial charge in [-0.1, -0.05) is 45.0 Å². The van der Waals surface area contributed by atoms with E-state index in [1.165, 1.54) is 10.2 Å². The maximum Gasteiger partial charge on any atom is 0.308 e. The van der Waals surface area contributed by atoms with Crippen LogP contribution >= 0.6 is 0 Å². The second-order valence-electron chi connectivity index (χ2n) is 5.20. The highest BCUT2D eigenvalue weighted by atomic mass is 16.4. The zero-order chi connectivity index (χ0) is 14.7. The summed E-state index contributed by atoms with van der Waals surface area (Å²) in [7, 11) is 0. The summed E-state index contributed by atoms with van der Waals surface area (Å²) in [5.74, 6) is -0.339. The number of aromatic nitrogens is 4. The van der Waals surface area contributed by atoms with Gasteiger partial charge in [0.2, 0.25) is 0 Å². The van der Waals surface area contributed by atoms with Gasteiger partial charge in [-0.15, -0.1) is 5.10 Å². The molecule has 1 N–H and O–H groups in total. The lowest BCUT2D eigenvalue weighted by Crippen LogP contribution is -2.18. The van der Waals surface area contributed by atoms with Crippen LogP contribution in [-0.2, 0) is 11.3 Å². The molecule has 0 saturated heterocycles. The number of carboxylic acid groups (broad SMARTS) is 1. The molecule has 6 nitrogen and oxygen atoms in total. The molecular formula is C14H18N4O2. The van der Waals surface area contributed by atoms with Crippen LogP contribution in [0.25, 0.3) is 11.4 Å². The first kappa shape index (κ1) is 14.2. The van der Waals surface area contributed by atoms with Crippen molar-refractivity contribution in [3.63, 3.8) is 0 Å². The summed E-state index contributed by atoms with van der Waals surface area (Å²) in [5.41, 5.74) is 2.13. The fourth-order valence-electron chi connectivity index (χ4n) is 1.89. The van der Waals surface area contributed by atoms with Crippen molar-refractivity contribution in [1.82, 2.24) is 20.2 Å². The summed E-state index contributed by atoms with van der Waals surface area (Å²) in [4.78, 5) is 10.9. The molecular weight excluding hydrogens is 256 g/mol. The molecule has 0 aliphatic carbocycles. The number of hydrogen-bond donors (Lipinski definition) is 1. The van der Waals surface area contributed by atoms with Gasteiger partial charge in [-0.05, 0) is 21.9 Å². The van der Waals surface area contributed by atoms with Crippen molar-refractivity contribution in [2.45, 2.75) is 33.2 Å². The van der Waals surface area contributed by atoms with Crippen LogP contribution in [0.4, 0.5) is 0 Å². The number of aliphatic carboxylic acids is 1. The quantitative estimate of drug-likeness (QED) is 0.903. The summed E-state index contributed by atoms with van der Waals surface area (Å²) in [6.45, 7) is 6.15. The van der Waals surface area contributed by atoms with Crippen molar-refractivity contribution in [1.29, 1.82) is 0 Å². The molecule has 1 heterocycles. The van der Waals surface area contributed by atoms with Crippen molar-refractivity contribution < 1.29 is 9.90 Å². The Bertz CT molecular complexity index is 589. The summed E-state index contributed by atoms with van der Waals surface area (Å²) in [6.07, 6.45) is 0. The largest absolute Gasteiger partial charge is 0.481 e. The minimum atomic E-state index is -0.860. The van der Waals surface area contributed by atoms with Crippen molar-refractivity contribution in [3.05, 3.63) is 29.8 Å². The van der Waals surface area contributed by atoms with Gasteiger partial charge in [0.15, 0.2) is 5.82 Å². The maximum absolute atomic E-state index is 10.9. The number of rotatable bonds is 5. The first-order valence-electron chi connectivity index (χ1n) is 6.58. The van der Waals surface area contributed by atoms with E-state index in [2.05, 4.69) is 29.4 Å². The first-order chi connectivity index (χ1) is 9.49. The molecule has 0 aliphatic heterocycles. The summed E-state index contributed by atoms with van der Waals surface area (Å²) in [5, 5.41) is 20.4. The lowest BCUT2D eigenvalue weighted by molar-refractivity contribution is -0.141. The van der Waals surface area contributed by atoms with Gasteiger partial charge in [-0.3, -0.25) is 4.79 Å². The van der Waals surface area contributed by atoms with Gasteiger partial charge >= 0.3 is 5.97 Å². The number of benzene rings is 1. The molecule has 0 amide bonds. The van der Waals surface area contributed by atoms with Crippen LogP contribution in [0.2, 0.25) is 0 Å². The van der Waals surface area contributed by atoms with E-state index in [0.717, 1.165) is 5.56 Å². The highest BCUT2D eigenvalue weighted by molar-refractivity contribution is 5.69. The second-order valence-corrected chi connectivity index (χ2v) is 5.20. The van der Waals surface area contributed by atoms with Gasteiger partial charge in [-0.25, -0.2) is 4.68 Å². The fourth-order valence-corrected chi connectivity index (χ4v) is 1.89. The second kappa shape index (κ2) is 5.81. The van der Waals surface area contributed by atoms with E-state index in [1.807, 2.05) is 24.3 Å². The van der Waals surface area contributed by atoms with E-state index < -0.39 is 11.9 Å². The molecule has 0 saturated carbocycles. The molecule has 106 valence electrons. The molecule has 0 radical (unpaired) electrons. The number of tetrazole rings is 1. The Hall–Kier alpha value is -2.24. The zero-order valence-electron chi connectivity index (χ0n) is 11.8. The summed E-state index contributed by atoms with van der Waals surface area (Å²) >= 11 is 0. The van der Waals surface area contributed by atoms with Crippen LogP contribution in [0.3, 0.4) is 0 Å². The third-order valence-electron chi connectivity index (χ3n) is 3.24. The van der Waals surface area contributed by atoms with E-state index in [0.29, 0.717) is 11.7 Å². The van der Waals surface area contributed by atoms with E-state index in [1.54, 1.807) is 6.92 Å². The Morgan fingerprint density at radius 1 is 1.25 bits per heavy atom. The molecule has 0 bridgehead atoms. The maximum atomic E-state index is 10.9. The average molecular weight is 274 g/mol. The average Bonchev–Trinajstić information content (AvgIpc) is 2.86. The molecule has 6 heteroatoms. The Morgan fingerprint density at radius 3 is 2.45 bits per heavy atom. The van der Waals surface area contributed by atoms with Gasteiger partial charge in [-0.2, -0.15) is 0 Å². The predicted octanol–water partition coefficient (Wildman–Crippen LogP) is 2.18. The number of carbonyl (C=O) groups is 1. The third-order valence-corrected chi connectivity index (χ3v) is 3.24. The molecule has 2 aromatic rings. The summed E-state index contributed by atoms with van der Waals surface area (Å²) < 4.78 is 1.53. The van der Waals surface area contributed by atoms with Crippen LogP contribution in [0, 0.1) is 5.92 Å². The van der Waals surface area contributed by atoms with Gasteiger partial charge in [0.05, 0.1) is 12.5 Å². The number of carboxylic acids is 1. The standard InChI is InChI=1S/C14H18N4O2/c1-9(2)11-4-6-12(7-5-11)13-15-16-17-18(13)8-10(3)14(19)20/h4-7,9-10H,8H2,1-3H3,(H,19,20). The van der Waals surface area contributed by atoms with Crippen LogP contribution in [0.1, 0.15) is 32.3 Å². The smallest absolute Gasteiger partial charge is 0.308 e. The number of hydrogen-bond acceptors (Lipinski definition) is 4. The van der Waals surface area contributed by atoms with E-state index in [-0.39, 0.29) is 6.54 Å². The molecule has 0 aliphatic rings. The molecule has 20 heavy (non-hydrogen) atoms. The fraction of sp³-hybridized carbons (Fsp3) is 0.429. The topological polar surface area (TPSA) is 80.9 Å². The van der Waals surface area contributed by atoms with Gasteiger partial charge in [0, 0.05) is 5.56 Å². The summed E-state index contributed by atoms with van der Waals surface area (Å²) in [6, 6.07) is 8.01. The highest BCUT2D eigenvalue weighted by Crippen LogP contribution is 2.21. The number of nitrogens with zero attached hydrogens (tertiary/aromatic N) is 4. The van der Waals surface area contributed by atoms with Gasteiger partial charge < -0.3 is 5.11 Å². The van der Waals surface area contributed by atoms with Crippen LogP contribution in [-0.4, -0.2) is 31.3 Å². The molecule has 1 atom stereocenters. The van der Waals surface area contributed by atoms with Crippen molar-refractivity contribution in [2.24, 2.45) is 5.92 Å². The van der Waals surface area contributed by atoms with Crippen LogP contribution in [0.15, 0.2) is 24.3 Å². The normalized spacial score (nSPS) is 12.6. The van der Waals surface area contributed by atoms with Crippen molar-refractivity contribution in [3.8, 4) is 11.4 Å². The minimum Gasteiger partial charge on any atom is -0.481 e. The minimum absolute atomic E-state index is 0.254. The zero-order valence-corrected chi connectivity index (χ0v) is 11.8. The lowest BCUT2D eigenvalue weighted by Gasteiger charge is -2.09. The molecule has 2 rings (SSSR count). The molecule has 0 fully saturated rings. The monoisotopic (exact) mass is 274 g/mol. The van der Waals surface area contributed by atoms with Crippen molar-refractivity contribution >= 4 is 5.97 Å². The lowest BCUT2D eigenvalue weighted by atomic mass is 10.0. The molecule has 0 spiro atoms. The van der Waals surface area contributed by atoms with E-state index in [9.17, 15) is 4.79 Å².